The average Bonchev–Trinajstić information content (AvgIpc) is 2.48. The highest BCUT2D eigenvalue weighted by Crippen LogP contribution is 2.17. The Labute approximate surface area is 117 Å². The predicted octanol–water partition coefficient (Wildman–Crippen LogP) is 0.678. The van der Waals surface area contributed by atoms with E-state index < -0.39 is 12.0 Å². The topological polar surface area (TPSA) is 68.5 Å². The van der Waals surface area contributed by atoms with Crippen LogP contribution in [0.4, 0.5) is 5.82 Å². The van der Waals surface area contributed by atoms with Crippen molar-refractivity contribution in [1.82, 2.24) is 4.98 Å². The maximum absolute atomic E-state index is 11.3. The number of aromatic nitrogens is 1. The number of pyridine rings is 1. The van der Waals surface area contributed by atoms with Crippen LogP contribution in [0.5, 0.6) is 0 Å². The predicted molar refractivity (Wildman–Crippen MR) is 77.5 cm³/mol. The molecule has 0 aromatic carbocycles. The van der Waals surface area contributed by atoms with Crippen LogP contribution < -0.4 is 10.6 Å². The Kier molecular flexibility index (Phi) is 5.04. The van der Waals surface area contributed by atoms with E-state index in [4.69, 9.17) is 5.73 Å². The number of ether oxygens (including phenoxy) is 1. The van der Waals surface area contributed by atoms with Gasteiger partial charge in [0.2, 0.25) is 0 Å². The quantitative estimate of drug-likeness (QED) is 0.819. The molecule has 0 spiro atoms. The van der Waals surface area contributed by atoms with Crippen molar-refractivity contribution in [2.24, 2.45) is 5.73 Å². The summed E-state index contributed by atoms with van der Waals surface area (Å²) in [6, 6.07) is 3.35. The van der Waals surface area contributed by atoms with Gasteiger partial charge in [-0.3, -0.25) is 4.79 Å². The Hall–Kier alpha value is -1.27. The number of thioether (sulfide) groups is 1. The van der Waals surface area contributed by atoms with Crippen LogP contribution in [0, 0.1) is 0 Å². The van der Waals surface area contributed by atoms with Gasteiger partial charge in [0.15, 0.2) is 0 Å². The minimum Gasteiger partial charge on any atom is -0.468 e. The maximum atomic E-state index is 11.3. The summed E-state index contributed by atoms with van der Waals surface area (Å²) < 4.78 is 4.61. The maximum Gasteiger partial charge on any atom is 0.322 e. The van der Waals surface area contributed by atoms with Crippen LogP contribution in [-0.4, -0.2) is 48.7 Å². The van der Waals surface area contributed by atoms with E-state index >= 15 is 0 Å². The molecule has 0 bridgehead atoms. The third kappa shape index (κ3) is 3.84. The Bertz CT molecular complexity index is 418. The van der Waals surface area contributed by atoms with Crippen LogP contribution in [0.15, 0.2) is 18.3 Å². The largest absolute Gasteiger partial charge is 0.468 e. The molecule has 19 heavy (non-hydrogen) atoms. The number of anilines is 1. The molecule has 1 aliphatic rings. The molecule has 0 aliphatic carbocycles. The standard InChI is InChI=1S/C13H19N3O2S/c1-18-13(17)11(14)8-10-2-3-12(15-9-10)16-4-6-19-7-5-16/h2-3,9,11H,4-8,14H2,1H3. The Morgan fingerprint density at radius 2 is 2.26 bits per heavy atom. The Balaban J connectivity index is 1.96. The number of hydrogen-bond acceptors (Lipinski definition) is 6. The number of nitrogens with zero attached hydrogens (tertiary/aromatic N) is 2. The molecule has 1 unspecified atom stereocenters. The van der Waals surface area contributed by atoms with Crippen molar-refractivity contribution < 1.29 is 9.53 Å². The van der Waals surface area contributed by atoms with Crippen molar-refractivity contribution in [3.05, 3.63) is 23.9 Å². The second kappa shape index (κ2) is 6.77. The molecule has 0 amide bonds. The number of carbonyl (C=O) groups excluding carboxylic acids is 1. The van der Waals surface area contributed by atoms with Crippen LogP contribution in [0.1, 0.15) is 5.56 Å². The lowest BCUT2D eigenvalue weighted by Crippen LogP contribution is -2.34. The SMILES string of the molecule is COC(=O)C(N)Cc1ccc(N2CCSCC2)nc1. The fourth-order valence-corrected chi connectivity index (χ4v) is 2.91. The zero-order chi connectivity index (χ0) is 13.7. The highest BCUT2D eigenvalue weighted by Gasteiger charge is 2.15. The first-order valence-corrected chi connectivity index (χ1v) is 7.47. The smallest absolute Gasteiger partial charge is 0.322 e. The summed E-state index contributed by atoms with van der Waals surface area (Å²) in [7, 11) is 1.35. The minimum absolute atomic E-state index is 0.392. The Morgan fingerprint density at radius 3 is 2.84 bits per heavy atom. The first-order chi connectivity index (χ1) is 9.20. The molecule has 1 aromatic rings. The summed E-state index contributed by atoms with van der Waals surface area (Å²) in [6.45, 7) is 2.08. The molecule has 6 heteroatoms. The molecule has 1 atom stereocenters. The van der Waals surface area contributed by atoms with E-state index in [1.54, 1.807) is 6.20 Å². The fourth-order valence-electron chi connectivity index (χ4n) is 2.01. The van der Waals surface area contributed by atoms with E-state index in [2.05, 4.69) is 14.6 Å². The Morgan fingerprint density at radius 1 is 1.53 bits per heavy atom. The summed E-state index contributed by atoms with van der Waals surface area (Å²) >= 11 is 1.97. The molecule has 1 aliphatic heterocycles. The van der Waals surface area contributed by atoms with Crippen molar-refractivity contribution in [1.29, 1.82) is 0 Å². The number of carbonyl (C=O) groups is 1. The summed E-state index contributed by atoms with van der Waals surface area (Å²) in [6.07, 6.45) is 2.25. The molecule has 1 fully saturated rings. The lowest BCUT2D eigenvalue weighted by atomic mass is 10.1. The first kappa shape index (κ1) is 14.1. The number of esters is 1. The number of hydrogen-bond donors (Lipinski definition) is 1. The van der Waals surface area contributed by atoms with Gasteiger partial charge in [0.05, 0.1) is 7.11 Å². The van der Waals surface area contributed by atoms with Crippen LogP contribution in [0.3, 0.4) is 0 Å². The van der Waals surface area contributed by atoms with Gasteiger partial charge in [0, 0.05) is 30.8 Å². The van der Waals surface area contributed by atoms with Gasteiger partial charge in [-0.05, 0) is 18.1 Å². The second-order valence-corrected chi connectivity index (χ2v) is 5.68. The van der Waals surface area contributed by atoms with E-state index in [9.17, 15) is 4.79 Å². The van der Waals surface area contributed by atoms with E-state index in [1.807, 2.05) is 23.9 Å². The monoisotopic (exact) mass is 281 g/mol. The zero-order valence-corrected chi connectivity index (χ0v) is 11.9. The first-order valence-electron chi connectivity index (χ1n) is 6.31. The average molecular weight is 281 g/mol. The summed E-state index contributed by atoms with van der Waals surface area (Å²) in [5.41, 5.74) is 6.68. The van der Waals surface area contributed by atoms with Crippen molar-refractivity contribution in [3.63, 3.8) is 0 Å². The van der Waals surface area contributed by atoms with Crippen LogP contribution in [-0.2, 0) is 16.0 Å². The highest BCUT2D eigenvalue weighted by molar-refractivity contribution is 7.99. The van der Waals surface area contributed by atoms with E-state index in [0.29, 0.717) is 6.42 Å². The van der Waals surface area contributed by atoms with Crippen LogP contribution in [0.2, 0.25) is 0 Å². The van der Waals surface area contributed by atoms with Crippen molar-refractivity contribution >= 4 is 23.5 Å². The lowest BCUT2D eigenvalue weighted by molar-refractivity contribution is -0.142. The molecule has 0 saturated carbocycles. The van der Waals surface area contributed by atoms with E-state index in [0.717, 1.165) is 36.0 Å². The molecule has 2 heterocycles. The lowest BCUT2D eigenvalue weighted by Gasteiger charge is -2.27. The van der Waals surface area contributed by atoms with Gasteiger partial charge < -0.3 is 15.4 Å². The van der Waals surface area contributed by atoms with Gasteiger partial charge in [-0.15, -0.1) is 0 Å². The molecule has 1 aromatic heterocycles. The molecule has 0 radical (unpaired) electrons. The van der Waals surface area contributed by atoms with Crippen molar-refractivity contribution in [2.45, 2.75) is 12.5 Å². The zero-order valence-electron chi connectivity index (χ0n) is 11.0. The van der Waals surface area contributed by atoms with Gasteiger partial charge in [-0.1, -0.05) is 6.07 Å². The van der Waals surface area contributed by atoms with Gasteiger partial charge in [-0.25, -0.2) is 4.98 Å². The molecule has 5 nitrogen and oxygen atoms in total. The van der Waals surface area contributed by atoms with Gasteiger partial charge in [-0.2, -0.15) is 11.8 Å². The summed E-state index contributed by atoms with van der Waals surface area (Å²) in [5, 5.41) is 0. The molecule has 1 saturated heterocycles. The van der Waals surface area contributed by atoms with Crippen LogP contribution in [0.25, 0.3) is 0 Å². The van der Waals surface area contributed by atoms with Gasteiger partial charge in [0.1, 0.15) is 11.9 Å². The van der Waals surface area contributed by atoms with Gasteiger partial charge >= 0.3 is 5.97 Å². The number of methoxy groups -OCH3 is 1. The molecule has 104 valence electrons. The minimum atomic E-state index is -0.621. The fraction of sp³-hybridized carbons (Fsp3) is 0.538. The number of nitrogens with two attached hydrogens (primary N) is 1. The molecular formula is C13H19N3O2S. The van der Waals surface area contributed by atoms with E-state index in [-0.39, 0.29) is 0 Å². The van der Waals surface area contributed by atoms with Crippen molar-refractivity contribution in [2.75, 3.05) is 36.6 Å². The third-order valence-electron chi connectivity index (χ3n) is 3.10. The highest BCUT2D eigenvalue weighted by atomic mass is 32.2. The normalized spacial score (nSPS) is 17.1. The molecule has 2 rings (SSSR count). The second-order valence-electron chi connectivity index (χ2n) is 4.46. The summed E-state index contributed by atoms with van der Waals surface area (Å²) in [5.74, 6) is 2.90. The molecule has 2 N–H and O–H groups in total. The summed E-state index contributed by atoms with van der Waals surface area (Å²) in [4.78, 5) is 18.0. The van der Waals surface area contributed by atoms with Crippen LogP contribution >= 0.6 is 11.8 Å². The molecular weight excluding hydrogens is 262 g/mol. The van der Waals surface area contributed by atoms with E-state index in [1.165, 1.54) is 7.11 Å². The van der Waals surface area contributed by atoms with Crippen molar-refractivity contribution in [3.8, 4) is 0 Å². The van der Waals surface area contributed by atoms with Gasteiger partial charge in [0.25, 0.3) is 0 Å². The third-order valence-corrected chi connectivity index (χ3v) is 4.05. The number of rotatable bonds is 4.